The van der Waals surface area contributed by atoms with E-state index < -0.39 is 0 Å². The summed E-state index contributed by atoms with van der Waals surface area (Å²) in [6.45, 7) is 0.608. The molecule has 0 aliphatic rings. The molecule has 0 saturated heterocycles. The fraction of sp³-hybridized carbons (Fsp3) is 0.267. The largest absolute Gasteiger partial charge is 0.481 e. The first-order chi connectivity index (χ1) is 10.1. The monoisotopic (exact) mass is 286 g/mol. The number of anilines is 1. The number of amides is 1. The van der Waals surface area contributed by atoms with Gasteiger partial charge >= 0.3 is 0 Å². The van der Waals surface area contributed by atoms with Gasteiger partial charge in [0.15, 0.2) is 0 Å². The molecule has 0 aromatic carbocycles. The molecule has 1 amide bonds. The number of methoxy groups -OCH3 is 1. The SMILES string of the molecule is COc1ccc(CNc2ccnc(C(=O)N(C)C)c2)cn1. The highest BCUT2D eigenvalue weighted by Gasteiger charge is 2.09. The lowest BCUT2D eigenvalue weighted by Gasteiger charge is -2.11. The van der Waals surface area contributed by atoms with E-state index in [0.717, 1.165) is 11.3 Å². The zero-order valence-electron chi connectivity index (χ0n) is 12.3. The molecule has 0 aliphatic carbocycles. The van der Waals surface area contributed by atoms with Crippen molar-refractivity contribution in [1.29, 1.82) is 0 Å². The first-order valence-electron chi connectivity index (χ1n) is 6.50. The summed E-state index contributed by atoms with van der Waals surface area (Å²) in [4.78, 5) is 21.6. The van der Waals surface area contributed by atoms with Crippen LogP contribution in [0.4, 0.5) is 5.69 Å². The summed E-state index contributed by atoms with van der Waals surface area (Å²) in [6.07, 6.45) is 3.37. The van der Waals surface area contributed by atoms with Crippen LogP contribution >= 0.6 is 0 Å². The summed E-state index contributed by atoms with van der Waals surface area (Å²) in [5.74, 6) is 0.464. The molecule has 0 saturated carbocycles. The number of nitrogens with zero attached hydrogens (tertiary/aromatic N) is 3. The minimum absolute atomic E-state index is 0.121. The Morgan fingerprint density at radius 2 is 2.10 bits per heavy atom. The number of pyridine rings is 2. The minimum atomic E-state index is -0.121. The van der Waals surface area contributed by atoms with E-state index in [1.807, 2.05) is 18.2 Å². The normalized spacial score (nSPS) is 10.0. The molecule has 0 atom stereocenters. The van der Waals surface area contributed by atoms with Gasteiger partial charge in [0, 0.05) is 44.8 Å². The van der Waals surface area contributed by atoms with Gasteiger partial charge in [-0.05, 0) is 17.7 Å². The number of hydrogen-bond donors (Lipinski definition) is 1. The first kappa shape index (κ1) is 14.8. The zero-order chi connectivity index (χ0) is 15.2. The van der Waals surface area contributed by atoms with Gasteiger partial charge in [-0.2, -0.15) is 0 Å². The second kappa shape index (κ2) is 6.69. The Labute approximate surface area is 123 Å². The standard InChI is InChI=1S/C15H18N4O2/c1-19(2)15(20)13-8-12(6-7-16-13)17-9-11-4-5-14(21-3)18-10-11/h4-8,10H,9H2,1-3H3,(H,16,17). The van der Waals surface area contributed by atoms with Crippen LogP contribution < -0.4 is 10.1 Å². The number of ether oxygens (including phenoxy) is 1. The van der Waals surface area contributed by atoms with E-state index in [1.165, 1.54) is 4.90 Å². The molecule has 0 radical (unpaired) electrons. The highest BCUT2D eigenvalue weighted by Crippen LogP contribution is 2.12. The average Bonchev–Trinajstić information content (AvgIpc) is 2.53. The van der Waals surface area contributed by atoms with Gasteiger partial charge in [0.05, 0.1) is 7.11 Å². The average molecular weight is 286 g/mol. The molecule has 6 nitrogen and oxygen atoms in total. The molecular weight excluding hydrogens is 268 g/mol. The van der Waals surface area contributed by atoms with Crippen molar-refractivity contribution in [3.63, 3.8) is 0 Å². The van der Waals surface area contributed by atoms with E-state index in [4.69, 9.17) is 4.74 Å². The summed E-state index contributed by atoms with van der Waals surface area (Å²) in [6, 6.07) is 7.30. The lowest BCUT2D eigenvalue weighted by Crippen LogP contribution is -2.22. The van der Waals surface area contributed by atoms with Crippen molar-refractivity contribution in [3.8, 4) is 5.88 Å². The van der Waals surface area contributed by atoms with E-state index in [9.17, 15) is 4.79 Å². The Morgan fingerprint density at radius 3 is 2.71 bits per heavy atom. The highest BCUT2D eigenvalue weighted by molar-refractivity contribution is 5.92. The number of carbonyl (C=O) groups excluding carboxylic acids is 1. The van der Waals surface area contributed by atoms with Crippen LogP contribution in [0.3, 0.4) is 0 Å². The van der Waals surface area contributed by atoms with Gasteiger partial charge in [-0.25, -0.2) is 4.98 Å². The number of hydrogen-bond acceptors (Lipinski definition) is 5. The van der Waals surface area contributed by atoms with E-state index in [0.29, 0.717) is 18.1 Å². The summed E-state index contributed by atoms with van der Waals surface area (Å²) >= 11 is 0. The summed E-state index contributed by atoms with van der Waals surface area (Å²) in [5.41, 5.74) is 2.27. The molecule has 21 heavy (non-hydrogen) atoms. The maximum atomic E-state index is 11.9. The van der Waals surface area contributed by atoms with Gasteiger partial charge in [-0.1, -0.05) is 6.07 Å². The third-order valence-electron chi connectivity index (χ3n) is 2.89. The molecule has 2 rings (SSSR count). The molecule has 2 aromatic rings. The summed E-state index contributed by atoms with van der Waals surface area (Å²) in [7, 11) is 4.99. The zero-order valence-corrected chi connectivity index (χ0v) is 12.3. The van der Waals surface area contributed by atoms with Crippen molar-refractivity contribution in [3.05, 3.63) is 47.9 Å². The number of carbonyl (C=O) groups is 1. The highest BCUT2D eigenvalue weighted by atomic mass is 16.5. The molecular formula is C15H18N4O2. The van der Waals surface area contributed by atoms with Gasteiger partial charge in [0.1, 0.15) is 5.69 Å². The van der Waals surface area contributed by atoms with Gasteiger partial charge in [0.2, 0.25) is 5.88 Å². The Balaban J connectivity index is 2.02. The lowest BCUT2D eigenvalue weighted by molar-refractivity contribution is 0.0822. The smallest absolute Gasteiger partial charge is 0.272 e. The fourth-order valence-corrected chi connectivity index (χ4v) is 1.73. The minimum Gasteiger partial charge on any atom is -0.481 e. The van der Waals surface area contributed by atoms with Gasteiger partial charge in [-0.3, -0.25) is 9.78 Å². The predicted octanol–water partition coefficient (Wildman–Crippen LogP) is 1.80. The van der Waals surface area contributed by atoms with Gasteiger partial charge in [0.25, 0.3) is 5.91 Å². The van der Waals surface area contributed by atoms with Crippen LogP contribution in [0.25, 0.3) is 0 Å². The molecule has 0 fully saturated rings. The van der Waals surface area contributed by atoms with Crippen molar-refractivity contribution >= 4 is 11.6 Å². The Kier molecular flexibility index (Phi) is 4.71. The molecule has 1 N–H and O–H groups in total. The Bertz CT molecular complexity index is 611. The molecule has 0 spiro atoms. The van der Waals surface area contributed by atoms with E-state index in [1.54, 1.807) is 39.7 Å². The fourth-order valence-electron chi connectivity index (χ4n) is 1.73. The van der Waals surface area contributed by atoms with Crippen molar-refractivity contribution in [2.24, 2.45) is 0 Å². The molecule has 0 aliphatic heterocycles. The number of aromatic nitrogens is 2. The maximum absolute atomic E-state index is 11.9. The second-order valence-corrected chi connectivity index (χ2v) is 4.69. The third-order valence-corrected chi connectivity index (χ3v) is 2.89. The molecule has 0 unspecified atom stereocenters. The molecule has 2 aromatic heterocycles. The first-order valence-corrected chi connectivity index (χ1v) is 6.50. The topological polar surface area (TPSA) is 67.3 Å². The van der Waals surface area contributed by atoms with Crippen molar-refractivity contribution in [2.45, 2.75) is 6.54 Å². The quantitative estimate of drug-likeness (QED) is 0.907. The Morgan fingerprint density at radius 1 is 1.29 bits per heavy atom. The van der Waals surface area contributed by atoms with Crippen molar-refractivity contribution in [2.75, 3.05) is 26.5 Å². The van der Waals surface area contributed by atoms with E-state index in [2.05, 4.69) is 15.3 Å². The van der Waals surface area contributed by atoms with Crippen LogP contribution in [-0.2, 0) is 6.54 Å². The third kappa shape index (κ3) is 3.92. The molecule has 6 heteroatoms. The van der Waals surface area contributed by atoms with Crippen molar-refractivity contribution in [1.82, 2.24) is 14.9 Å². The van der Waals surface area contributed by atoms with Crippen LogP contribution in [0.2, 0.25) is 0 Å². The lowest BCUT2D eigenvalue weighted by atomic mass is 10.2. The van der Waals surface area contributed by atoms with Crippen LogP contribution in [0.5, 0.6) is 5.88 Å². The summed E-state index contributed by atoms with van der Waals surface area (Å²) in [5, 5.41) is 3.24. The Hall–Kier alpha value is -2.63. The molecule has 110 valence electrons. The maximum Gasteiger partial charge on any atom is 0.272 e. The van der Waals surface area contributed by atoms with Crippen LogP contribution in [0.1, 0.15) is 16.1 Å². The van der Waals surface area contributed by atoms with Gasteiger partial charge in [-0.15, -0.1) is 0 Å². The molecule has 2 heterocycles. The second-order valence-electron chi connectivity index (χ2n) is 4.69. The van der Waals surface area contributed by atoms with Crippen LogP contribution in [0.15, 0.2) is 36.7 Å². The molecule has 0 bridgehead atoms. The van der Waals surface area contributed by atoms with Crippen LogP contribution in [-0.4, -0.2) is 42.0 Å². The van der Waals surface area contributed by atoms with Crippen LogP contribution in [0, 0.1) is 0 Å². The predicted molar refractivity (Wildman–Crippen MR) is 80.4 cm³/mol. The summed E-state index contributed by atoms with van der Waals surface area (Å²) < 4.78 is 5.01. The van der Waals surface area contributed by atoms with Crippen molar-refractivity contribution < 1.29 is 9.53 Å². The van der Waals surface area contributed by atoms with E-state index in [-0.39, 0.29) is 5.91 Å². The van der Waals surface area contributed by atoms with Gasteiger partial charge < -0.3 is 15.0 Å². The number of rotatable bonds is 5. The van der Waals surface area contributed by atoms with E-state index >= 15 is 0 Å². The number of nitrogens with one attached hydrogen (secondary N) is 1.